The lowest BCUT2D eigenvalue weighted by Gasteiger charge is -2.12. The zero-order valence-corrected chi connectivity index (χ0v) is 10.4. The van der Waals surface area contributed by atoms with E-state index in [1.54, 1.807) is 6.33 Å². The Kier molecular flexibility index (Phi) is 2.66. The van der Waals surface area contributed by atoms with E-state index in [0.29, 0.717) is 17.2 Å². The summed E-state index contributed by atoms with van der Waals surface area (Å²) in [5.74, 6) is 0. The number of hydrogen-bond acceptors (Lipinski definition) is 4. The third kappa shape index (κ3) is 1.76. The number of aromatic nitrogens is 4. The van der Waals surface area contributed by atoms with Gasteiger partial charge in [0.05, 0.1) is 12.7 Å². The highest BCUT2D eigenvalue weighted by molar-refractivity contribution is 7.99. The van der Waals surface area contributed by atoms with Crippen LogP contribution in [0.3, 0.4) is 0 Å². The number of nitrogens with one attached hydrogen (secondary N) is 1. The first-order chi connectivity index (χ1) is 8.29. The summed E-state index contributed by atoms with van der Waals surface area (Å²) in [4.78, 5) is 22.5. The second-order valence-corrected chi connectivity index (χ2v) is 5.52. The molecule has 6 heteroatoms. The standard InChI is InChI=1S/C11H14N4OS/c1-17-8-3-2-7(4-8)15-6-14-9-10(15)12-5-13-11(9)16/h5-8H,2-4H2,1H3,(H,12,13,16)/t7-,8-/m1/s1. The second kappa shape index (κ2) is 4.18. The largest absolute Gasteiger partial charge is 0.312 e. The minimum absolute atomic E-state index is 0.159. The van der Waals surface area contributed by atoms with Crippen molar-refractivity contribution in [3.05, 3.63) is 23.0 Å². The van der Waals surface area contributed by atoms with Crippen molar-refractivity contribution in [2.24, 2.45) is 0 Å². The van der Waals surface area contributed by atoms with Crippen LogP contribution in [0, 0.1) is 0 Å². The fourth-order valence-corrected chi connectivity index (χ4v) is 3.30. The number of fused-ring (bicyclic) bond motifs is 1. The van der Waals surface area contributed by atoms with Crippen LogP contribution in [0.2, 0.25) is 0 Å². The number of hydrogen-bond donors (Lipinski definition) is 1. The molecule has 0 amide bonds. The summed E-state index contributed by atoms with van der Waals surface area (Å²) in [5, 5.41) is 0.722. The highest BCUT2D eigenvalue weighted by Crippen LogP contribution is 2.36. The van der Waals surface area contributed by atoms with Crippen LogP contribution in [0.15, 0.2) is 17.4 Å². The molecule has 1 aliphatic carbocycles. The highest BCUT2D eigenvalue weighted by atomic mass is 32.2. The fourth-order valence-electron chi connectivity index (χ4n) is 2.51. The van der Waals surface area contributed by atoms with Crippen molar-refractivity contribution in [1.29, 1.82) is 0 Å². The molecule has 1 saturated carbocycles. The Balaban J connectivity index is 2.02. The maximum absolute atomic E-state index is 11.6. The van der Waals surface area contributed by atoms with Crippen LogP contribution >= 0.6 is 11.8 Å². The van der Waals surface area contributed by atoms with Gasteiger partial charge < -0.3 is 9.55 Å². The Morgan fingerprint density at radius 2 is 2.35 bits per heavy atom. The van der Waals surface area contributed by atoms with E-state index >= 15 is 0 Å². The van der Waals surface area contributed by atoms with E-state index < -0.39 is 0 Å². The van der Waals surface area contributed by atoms with Gasteiger partial charge in [-0.05, 0) is 25.5 Å². The van der Waals surface area contributed by atoms with Gasteiger partial charge in [0.1, 0.15) is 0 Å². The molecule has 0 unspecified atom stereocenters. The third-order valence-corrected chi connectivity index (χ3v) is 4.54. The van der Waals surface area contributed by atoms with E-state index in [0.717, 1.165) is 18.1 Å². The molecule has 0 aromatic carbocycles. The Bertz CT molecular complexity index is 590. The van der Waals surface area contributed by atoms with Crippen molar-refractivity contribution in [2.45, 2.75) is 30.6 Å². The predicted molar refractivity (Wildman–Crippen MR) is 68.3 cm³/mol. The van der Waals surface area contributed by atoms with Crippen molar-refractivity contribution in [1.82, 2.24) is 19.5 Å². The summed E-state index contributed by atoms with van der Waals surface area (Å²) in [7, 11) is 0. The van der Waals surface area contributed by atoms with Gasteiger partial charge in [0.25, 0.3) is 5.56 Å². The van der Waals surface area contributed by atoms with E-state index in [1.165, 1.54) is 12.7 Å². The molecule has 5 nitrogen and oxygen atoms in total. The Morgan fingerprint density at radius 1 is 1.47 bits per heavy atom. The van der Waals surface area contributed by atoms with Gasteiger partial charge in [-0.15, -0.1) is 0 Å². The molecule has 2 atom stereocenters. The molecule has 2 aromatic heterocycles. The molecule has 17 heavy (non-hydrogen) atoms. The summed E-state index contributed by atoms with van der Waals surface area (Å²) in [5.41, 5.74) is 0.994. The number of rotatable bonds is 2. The van der Waals surface area contributed by atoms with Crippen LogP contribution in [-0.2, 0) is 0 Å². The van der Waals surface area contributed by atoms with Crippen molar-refractivity contribution in [2.75, 3.05) is 6.26 Å². The summed E-state index contributed by atoms with van der Waals surface area (Å²) in [6, 6.07) is 0.437. The number of H-pyrrole nitrogens is 1. The predicted octanol–water partition coefficient (Wildman–Crippen LogP) is 1.58. The number of aromatic amines is 1. The lowest BCUT2D eigenvalue weighted by atomic mass is 10.2. The van der Waals surface area contributed by atoms with E-state index in [-0.39, 0.29) is 5.56 Å². The summed E-state index contributed by atoms with van der Waals surface area (Å²) >= 11 is 1.92. The SMILES string of the molecule is CS[C@@H]1CC[C@@H](n2cnc3c(=O)[nH]cnc32)C1. The number of thioether (sulfide) groups is 1. The van der Waals surface area contributed by atoms with Crippen LogP contribution in [0.5, 0.6) is 0 Å². The van der Waals surface area contributed by atoms with Crippen molar-refractivity contribution in [3.63, 3.8) is 0 Å². The van der Waals surface area contributed by atoms with Crippen LogP contribution < -0.4 is 5.56 Å². The highest BCUT2D eigenvalue weighted by Gasteiger charge is 2.26. The Hall–Kier alpha value is -1.30. The quantitative estimate of drug-likeness (QED) is 0.879. The van der Waals surface area contributed by atoms with Crippen molar-refractivity contribution >= 4 is 22.9 Å². The molecule has 0 saturated heterocycles. The summed E-state index contributed by atoms with van der Waals surface area (Å²) < 4.78 is 2.06. The van der Waals surface area contributed by atoms with Crippen molar-refractivity contribution in [3.8, 4) is 0 Å². The monoisotopic (exact) mass is 250 g/mol. The second-order valence-electron chi connectivity index (χ2n) is 4.38. The maximum atomic E-state index is 11.6. The molecule has 0 aliphatic heterocycles. The molecule has 0 spiro atoms. The third-order valence-electron chi connectivity index (χ3n) is 3.45. The minimum atomic E-state index is -0.159. The first kappa shape index (κ1) is 10.8. The van der Waals surface area contributed by atoms with Crippen LogP contribution in [0.25, 0.3) is 11.2 Å². The number of nitrogens with zero attached hydrogens (tertiary/aromatic N) is 3. The molecule has 90 valence electrons. The molecule has 0 bridgehead atoms. The number of imidazole rings is 1. The van der Waals surface area contributed by atoms with Gasteiger partial charge in [0, 0.05) is 11.3 Å². The summed E-state index contributed by atoms with van der Waals surface area (Å²) in [6.07, 6.45) is 8.87. The van der Waals surface area contributed by atoms with E-state index in [2.05, 4.69) is 25.8 Å². The van der Waals surface area contributed by atoms with Gasteiger partial charge in [-0.1, -0.05) is 0 Å². The van der Waals surface area contributed by atoms with Gasteiger partial charge in [-0.2, -0.15) is 11.8 Å². The van der Waals surface area contributed by atoms with Gasteiger partial charge in [0.15, 0.2) is 11.2 Å². The molecule has 0 radical (unpaired) electrons. The lowest BCUT2D eigenvalue weighted by Crippen LogP contribution is -2.09. The first-order valence-corrected chi connectivity index (χ1v) is 7.01. The first-order valence-electron chi connectivity index (χ1n) is 5.72. The van der Waals surface area contributed by atoms with Crippen LogP contribution in [-0.4, -0.2) is 31.0 Å². The molecule has 1 aliphatic rings. The van der Waals surface area contributed by atoms with Gasteiger partial charge in [0.2, 0.25) is 0 Å². The molecular weight excluding hydrogens is 236 g/mol. The topological polar surface area (TPSA) is 63.6 Å². The zero-order valence-electron chi connectivity index (χ0n) is 9.59. The molecule has 1 N–H and O–H groups in total. The Labute approximate surface area is 103 Å². The molecule has 2 heterocycles. The van der Waals surface area contributed by atoms with E-state index in [1.807, 2.05) is 11.8 Å². The maximum Gasteiger partial charge on any atom is 0.278 e. The van der Waals surface area contributed by atoms with E-state index in [9.17, 15) is 4.79 Å². The molecule has 3 rings (SSSR count). The average Bonchev–Trinajstić information content (AvgIpc) is 2.94. The smallest absolute Gasteiger partial charge is 0.278 e. The fraction of sp³-hybridized carbons (Fsp3) is 0.545. The zero-order chi connectivity index (χ0) is 11.8. The van der Waals surface area contributed by atoms with Gasteiger partial charge in [-0.25, -0.2) is 9.97 Å². The van der Waals surface area contributed by atoms with Crippen LogP contribution in [0.4, 0.5) is 0 Å². The summed E-state index contributed by atoms with van der Waals surface area (Å²) in [6.45, 7) is 0. The molecule has 1 fully saturated rings. The lowest BCUT2D eigenvalue weighted by molar-refractivity contribution is 0.530. The van der Waals surface area contributed by atoms with E-state index in [4.69, 9.17) is 0 Å². The molecular formula is C11H14N4OS. The average molecular weight is 250 g/mol. The van der Waals surface area contributed by atoms with Crippen molar-refractivity contribution < 1.29 is 0 Å². The normalized spacial score (nSPS) is 24.5. The minimum Gasteiger partial charge on any atom is -0.312 e. The van der Waals surface area contributed by atoms with Crippen LogP contribution in [0.1, 0.15) is 25.3 Å². The Morgan fingerprint density at radius 3 is 3.12 bits per heavy atom. The molecule has 2 aromatic rings. The van der Waals surface area contributed by atoms with Gasteiger partial charge in [-0.3, -0.25) is 4.79 Å². The van der Waals surface area contributed by atoms with Gasteiger partial charge >= 0.3 is 0 Å².